The second kappa shape index (κ2) is 8.64. The molecule has 0 saturated carbocycles. The Morgan fingerprint density at radius 1 is 1.38 bits per heavy atom. The van der Waals surface area contributed by atoms with E-state index < -0.39 is 0 Å². The molecule has 1 atom stereocenters. The summed E-state index contributed by atoms with van der Waals surface area (Å²) in [6.07, 6.45) is 4.15. The number of hydrogen-bond acceptors (Lipinski definition) is 3. The summed E-state index contributed by atoms with van der Waals surface area (Å²) >= 11 is 0. The average molecular weight is 290 g/mol. The largest absolute Gasteiger partial charge is 0.382 e. The first-order valence-corrected chi connectivity index (χ1v) is 7.75. The number of nitrogens with zero attached hydrogens (tertiary/aromatic N) is 1. The molecule has 0 aromatic heterocycles. The maximum absolute atomic E-state index is 5.55. The summed E-state index contributed by atoms with van der Waals surface area (Å²) in [5.41, 5.74) is 5.55. The van der Waals surface area contributed by atoms with Crippen LogP contribution in [0.25, 0.3) is 0 Å². The van der Waals surface area contributed by atoms with E-state index >= 15 is 0 Å². The predicted octanol–water partition coefficient (Wildman–Crippen LogP) is 1.38. The molecule has 1 aromatic carbocycles. The van der Waals surface area contributed by atoms with Gasteiger partial charge >= 0.3 is 0 Å². The Morgan fingerprint density at radius 3 is 2.95 bits per heavy atom. The van der Waals surface area contributed by atoms with Gasteiger partial charge in [-0.2, -0.15) is 0 Å². The van der Waals surface area contributed by atoms with Crippen molar-refractivity contribution in [1.82, 2.24) is 10.7 Å². The summed E-state index contributed by atoms with van der Waals surface area (Å²) < 4.78 is 5.30. The van der Waals surface area contributed by atoms with Crippen molar-refractivity contribution in [2.45, 2.75) is 38.6 Å². The first kappa shape index (κ1) is 15.8. The maximum Gasteiger partial charge on any atom is 0.205 e. The van der Waals surface area contributed by atoms with E-state index in [1.54, 1.807) is 0 Å². The lowest BCUT2D eigenvalue weighted by Crippen LogP contribution is -2.48. The molecule has 2 rings (SSSR count). The number of hydrogen-bond donors (Lipinski definition) is 3. The summed E-state index contributed by atoms with van der Waals surface area (Å²) in [6.45, 7) is 4.22. The lowest BCUT2D eigenvalue weighted by atomic mass is 9.88. The summed E-state index contributed by atoms with van der Waals surface area (Å²) in [4.78, 5) is 4.45. The molecule has 21 heavy (non-hydrogen) atoms. The molecule has 0 amide bonds. The van der Waals surface area contributed by atoms with Crippen LogP contribution in [0.1, 0.15) is 30.9 Å². The highest BCUT2D eigenvalue weighted by atomic mass is 16.5. The van der Waals surface area contributed by atoms with Crippen molar-refractivity contribution in [3.63, 3.8) is 0 Å². The number of hydrazine groups is 1. The smallest absolute Gasteiger partial charge is 0.205 e. The molecule has 0 bridgehead atoms. The van der Waals surface area contributed by atoms with Gasteiger partial charge in [-0.1, -0.05) is 24.3 Å². The van der Waals surface area contributed by atoms with Crippen LogP contribution >= 0.6 is 0 Å². The second-order valence-corrected chi connectivity index (χ2v) is 5.28. The van der Waals surface area contributed by atoms with Gasteiger partial charge < -0.3 is 10.1 Å². The van der Waals surface area contributed by atoms with Crippen LogP contribution in [-0.2, 0) is 17.6 Å². The highest BCUT2D eigenvalue weighted by Crippen LogP contribution is 2.20. The molecule has 1 aliphatic rings. The quantitative estimate of drug-likeness (QED) is 0.243. The third-order valence-electron chi connectivity index (χ3n) is 3.75. The zero-order valence-electron chi connectivity index (χ0n) is 12.8. The van der Waals surface area contributed by atoms with Crippen molar-refractivity contribution < 1.29 is 4.74 Å². The molecule has 0 radical (unpaired) electrons. The predicted molar refractivity (Wildman–Crippen MR) is 86.1 cm³/mol. The summed E-state index contributed by atoms with van der Waals surface area (Å²) in [5.74, 6) is 6.23. The fourth-order valence-corrected chi connectivity index (χ4v) is 2.65. The van der Waals surface area contributed by atoms with Crippen LogP contribution in [0.3, 0.4) is 0 Å². The molecular weight excluding hydrogens is 264 g/mol. The molecule has 0 fully saturated rings. The summed E-state index contributed by atoms with van der Waals surface area (Å²) in [6, 6.07) is 9.03. The van der Waals surface area contributed by atoms with Crippen LogP contribution in [0.5, 0.6) is 0 Å². The zero-order chi connectivity index (χ0) is 14.9. The number of nitrogens with two attached hydrogens (primary N) is 1. The monoisotopic (exact) mass is 290 g/mol. The SMILES string of the molecule is CCOCCCN=C(NN)NC1CCc2ccccc2C1. The topological polar surface area (TPSA) is 71.7 Å². The van der Waals surface area contributed by atoms with Crippen LogP contribution in [0.4, 0.5) is 0 Å². The molecule has 0 saturated heterocycles. The van der Waals surface area contributed by atoms with Crippen LogP contribution in [0, 0.1) is 0 Å². The minimum atomic E-state index is 0.390. The molecule has 0 spiro atoms. The zero-order valence-corrected chi connectivity index (χ0v) is 12.8. The lowest BCUT2D eigenvalue weighted by Gasteiger charge is -2.26. The van der Waals surface area contributed by atoms with Crippen LogP contribution in [0.15, 0.2) is 29.3 Å². The number of aryl methyl sites for hydroxylation is 1. The summed E-state index contributed by atoms with van der Waals surface area (Å²) in [5, 5.41) is 3.41. The Labute approximate surface area is 126 Å². The summed E-state index contributed by atoms with van der Waals surface area (Å²) in [7, 11) is 0. The Balaban J connectivity index is 1.81. The minimum absolute atomic E-state index is 0.390. The van der Waals surface area contributed by atoms with Crippen molar-refractivity contribution in [2.75, 3.05) is 19.8 Å². The number of fused-ring (bicyclic) bond motifs is 1. The van der Waals surface area contributed by atoms with Crippen LogP contribution in [-0.4, -0.2) is 31.8 Å². The standard InChI is InChI=1S/C16H26N4O/c1-2-21-11-5-10-18-16(20-17)19-15-9-8-13-6-3-4-7-14(13)12-15/h3-4,6-7,15H,2,5,8-12,17H2,1H3,(H2,18,19,20). The Bertz CT molecular complexity index is 461. The number of rotatable bonds is 6. The van der Waals surface area contributed by atoms with Crippen molar-refractivity contribution >= 4 is 5.96 Å². The number of aliphatic imine (C=N–C) groups is 1. The molecule has 1 aliphatic carbocycles. The maximum atomic E-state index is 5.55. The number of nitrogens with one attached hydrogen (secondary N) is 2. The van der Waals surface area contributed by atoms with E-state index in [0.29, 0.717) is 12.0 Å². The fraction of sp³-hybridized carbons (Fsp3) is 0.562. The third kappa shape index (κ3) is 5.02. The molecule has 4 N–H and O–H groups in total. The second-order valence-electron chi connectivity index (χ2n) is 5.28. The van der Waals surface area contributed by atoms with E-state index in [2.05, 4.69) is 40.0 Å². The molecule has 116 valence electrons. The van der Waals surface area contributed by atoms with Crippen molar-refractivity contribution in [3.8, 4) is 0 Å². The Hall–Kier alpha value is -1.59. The molecule has 1 unspecified atom stereocenters. The molecular formula is C16H26N4O. The van der Waals surface area contributed by atoms with E-state index in [9.17, 15) is 0 Å². The van der Waals surface area contributed by atoms with E-state index in [1.807, 2.05) is 6.92 Å². The lowest BCUT2D eigenvalue weighted by molar-refractivity contribution is 0.146. The van der Waals surface area contributed by atoms with E-state index in [4.69, 9.17) is 10.6 Å². The number of guanidine groups is 1. The van der Waals surface area contributed by atoms with Crippen molar-refractivity contribution in [3.05, 3.63) is 35.4 Å². The molecule has 0 aliphatic heterocycles. The van der Waals surface area contributed by atoms with Gasteiger partial charge in [-0.15, -0.1) is 0 Å². The van der Waals surface area contributed by atoms with Crippen molar-refractivity contribution in [2.24, 2.45) is 10.8 Å². The number of ether oxygens (including phenoxy) is 1. The Morgan fingerprint density at radius 2 is 2.19 bits per heavy atom. The van der Waals surface area contributed by atoms with Gasteiger partial charge in [0.15, 0.2) is 0 Å². The average Bonchev–Trinajstić information content (AvgIpc) is 2.53. The first-order valence-electron chi connectivity index (χ1n) is 7.75. The minimum Gasteiger partial charge on any atom is -0.382 e. The van der Waals surface area contributed by atoms with Gasteiger partial charge in [0, 0.05) is 25.8 Å². The highest BCUT2D eigenvalue weighted by Gasteiger charge is 2.18. The normalized spacial score (nSPS) is 18.2. The Kier molecular flexibility index (Phi) is 6.50. The molecule has 5 nitrogen and oxygen atoms in total. The van der Waals surface area contributed by atoms with Crippen LogP contribution in [0.2, 0.25) is 0 Å². The molecule has 0 heterocycles. The number of benzene rings is 1. The first-order chi connectivity index (χ1) is 10.3. The van der Waals surface area contributed by atoms with Gasteiger partial charge in [0.2, 0.25) is 5.96 Å². The van der Waals surface area contributed by atoms with Crippen LogP contribution < -0.4 is 16.6 Å². The molecule has 1 aromatic rings. The van der Waals surface area contributed by atoms with Crippen molar-refractivity contribution in [1.29, 1.82) is 0 Å². The van der Waals surface area contributed by atoms with Gasteiger partial charge in [0.05, 0.1) is 0 Å². The van der Waals surface area contributed by atoms with Gasteiger partial charge in [-0.3, -0.25) is 10.4 Å². The van der Waals surface area contributed by atoms with Gasteiger partial charge in [-0.25, -0.2) is 5.84 Å². The van der Waals surface area contributed by atoms with E-state index in [1.165, 1.54) is 11.1 Å². The fourth-order valence-electron chi connectivity index (χ4n) is 2.65. The van der Waals surface area contributed by atoms with Gasteiger partial charge in [-0.05, 0) is 43.7 Å². The van der Waals surface area contributed by atoms with E-state index in [0.717, 1.165) is 45.4 Å². The molecule has 5 heteroatoms. The third-order valence-corrected chi connectivity index (χ3v) is 3.75. The van der Waals surface area contributed by atoms with Gasteiger partial charge in [0.1, 0.15) is 0 Å². The van der Waals surface area contributed by atoms with Gasteiger partial charge in [0.25, 0.3) is 0 Å². The highest BCUT2D eigenvalue weighted by molar-refractivity contribution is 5.79. The van der Waals surface area contributed by atoms with E-state index in [-0.39, 0.29) is 0 Å².